The van der Waals surface area contributed by atoms with Crippen molar-refractivity contribution in [3.8, 4) is 0 Å². The molecule has 0 spiro atoms. The minimum atomic E-state index is -5.02. The van der Waals surface area contributed by atoms with E-state index >= 15 is 0 Å². The number of hydrogen-bond acceptors (Lipinski definition) is 4. The lowest BCUT2D eigenvalue weighted by Crippen LogP contribution is -2.13. The summed E-state index contributed by atoms with van der Waals surface area (Å²) in [6.07, 6.45) is -7.10. The highest BCUT2D eigenvalue weighted by Crippen LogP contribution is 2.18. The molecule has 1 aliphatic heterocycles. The Kier molecular flexibility index (Phi) is 0.414. The fourth-order valence-electron chi connectivity index (χ4n) is 0.297. The van der Waals surface area contributed by atoms with Gasteiger partial charge in [-0.25, -0.2) is 8.37 Å². The Morgan fingerprint density at radius 1 is 1.44 bits per heavy atom. The summed E-state index contributed by atoms with van der Waals surface area (Å²) in [6.45, 7) is -6.99. The van der Waals surface area contributed by atoms with Crippen LogP contribution in [0.5, 0.6) is 0 Å². The van der Waals surface area contributed by atoms with Gasteiger partial charge in [0.15, 0.2) is 0 Å². The first kappa shape index (κ1) is 1.93. The molecule has 0 aromatic heterocycles. The van der Waals surface area contributed by atoms with E-state index in [1.165, 1.54) is 0 Å². The zero-order valence-electron chi connectivity index (χ0n) is 12.0. The third-order valence-electron chi connectivity index (χ3n) is 0.577. The minimum Gasteiger partial charge on any atom is -0.242 e. The lowest BCUT2D eigenvalue weighted by atomic mass is 10.3. The maximum Gasteiger partial charge on any atom is 0.400 e. The average Bonchev–Trinajstić information content (AvgIpc) is 2.15. The number of hydrogen-bond donors (Lipinski definition) is 0. The van der Waals surface area contributed by atoms with Gasteiger partial charge in [-0.2, -0.15) is 8.42 Å². The Hall–Kier alpha value is -0.130. The maximum absolute atomic E-state index is 11.0. The predicted molar refractivity (Wildman–Crippen MR) is 30.0 cm³/mol. The van der Waals surface area contributed by atoms with Crippen molar-refractivity contribution in [1.29, 1.82) is 0 Å². The van der Waals surface area contributed by atoms with Gasteiger partial charge in [-0.15, -0.1) is 0 Å². The molecule has 0 radical (unpaired) electrons. The number of rotatable bonds is 0. The van der Waals surface area contributed by atoms with Gasteiger partial charge in [0.1, 0.15) is 12.2 Å². The SMILES string of the molecule is [2H]C([2H])([2H])C1([2H])OS(=O)(=O)OC1([2H])C([2H])([2H])[2H]. The lowest BCUT2D eigenvalue weighted by molar-refractivity contribution is 0.187. The van der Waals surface area contributed by atoms with E-state index in [-0.39, 0.29) is 0 Å². The van der Waals surface area contributed by atoms with E-state index in [0.717, 1.165) is 0 Å². The molecule has 54 valence electrons. The Bertz CT molecular complexity index is 390. The summed E-state index contributed by atoms with van der Waals surface area (Å²) in [6, 6.07) is 0. The van der Waals surface area contributed by atoms with E-state index in [4.69, 9.17) is 11.0 Å². The molecule has 5 heteroatoms. The summed E-state index contributed by atoms with van der Waals surface area (Å²) in [7, 11) is -5.02. The van der Waals surface area contributed by atoms with Gasteiger partial charge in [0, 0.05) is 8.22 Å². The summed E-state index contributed by atoms with van der Waals surface area (Å²) in [4.78, 5) is 0. The minimum absolute atomic E-state index is 3.49. The van der Waals surface area contributed by atoms with Crippen molar-refractivity contribution in [2.45, 2.75) is 25.9 Å². The molecule has 1 fully saturated rings. The molecule has 2 atom stereocenters. The highest BCUT2D eigenvalue weighted by Gasteiger charge is 2.33. The predicted octanol–water partition coefficient (Wildman–Crippen LogP) is 0.0550. The summed E-state index contributed by atoms with van der Waals surface area (Å²) in [5, 5.41) is 0. The van der Waals surface area contributed by atoms with Crippen LogP contribution < -0.4 is 0 Å². The second kappa shape index (κ2) is 1.93. The Morgan fingerprint density at radius 3 is 2.22 bits per heavy atom. The van der Waals surface area contributed by atoms with Crippen molar-refractivity contribution in [3.63, 3.8) is 0 Å². The third-order valence-corrected chi connectivity index (χ3v) is 1.32. The van der Waals surface area contributed by atoms with E-state index in [0.29, 0.717) is 0 Å². The van der Waals surface area contributed by atoms with Gasteiger partial charge < -0.3 is 0 Å². The Morgan fingerprint density at radius 2 is 1.89 bits per heavy atom. The fourth-order valence-corrected chi connectivity index (χ4v) is 0.890. The van der Waals surface area contributed by atoms with Crippen LogP contribution in [0.1, 0.15) is 24.7 Å². The van der Waals surface area contributed by atoms with E-state index in [1.54, 1.807) is 0 Å². The van der Waals surface area contributed by atoms with E-state index < -0.39 is 36.3 Å². The van der Waals surface area contributed by atoms with Crippen molar-refractivity contribution in [2.24, 2.45) is 0 Å². The van der Waals surface area contributed by atoms with Crippen LogP contribution in [0.25, 0.3) is 0 Å². The van der Waals surface area contributed by atoms with Crippen LogP contribution in [-0.4, -0.2) is 20.6 Å². The molecule has 1 rings (SSSR count). The summed E-state index contributed by atoms with van der Waals surface area (Å²) in [5.41, 5.74) is 0. The van der Waals surface area contributed by atoms with Crippen molar-refractivity contribution in [3.05, 3.63) is 0 Å². The molecule has 1 aliphatic rings. The molecule has 0 saturated carbocycles. The van der Waals surface area contributed by atoms with Crippen molar-refractivity contribution >= 4 is 10.4 Å². The summed E-state index contributed by atoms with van der Waals surface area (Å²) >= 11 is 0. The second-order valence-corrected chi connectivity index (χ2v) is 2.38. The zero-order valence-corrected chi connectivity index (χ0v) is 4.86. The first-order valence-electron chi connectivity index (χ1n) is 5.82. The Labute approximate surface area is 65.3 Å². The topological polar surface area (TPSA) is 52.6 Å². The van der Waals surface area contributed by atoms with E-state index in [1.807, 2.05) is 0 Å². The summed E-state index contributed by atoms with van der Waals surface area (Å²) < 4.78 is 86.0. The van der Waals surface area contributed by atoms with Gasteiger partial charge in [0.05, 0.1) is 2.74 Å². The average molecular weight is 160 g/mol. The lowest BCUT2D eigenvalue weighted by Gasteiger charge is -1.98. The molecule has 9 heavy (non-hydrogen) atoms. The van der Waals surface area contributed by atoms with Crippen molar-refractivity contribution < 1.29 is 27.8 Å². The van der Waals surface area contributed by atoms with Crippen molar-refractivity contribution in [1.82, 2.24) is 0 Å². The first-order chi connectivity index (χ1) is 7.16. The fraction of sp³-hybridized carbons (Fsp3) is 1.00. The van der Waals surface area contributed by atoms with Gasteiger partial charge in [0.2, 0.25) is 0 Å². The molecule has 1 heterocycles. The monoisotopic (exact) mass is 160 g/mol. The molecular formula is C4H8O4S. The smallest absolute Gasteiger partial charge is 0.242 e. The molecule has 0 aromatic rings. The summed E-state index contributed by atoms with van der Waals surface area (Å²) in [5.74, 6) is 0. The zero-order chi connectivity index (χ0) is 13.9. The van der Waals surface area contributed by atoms with Gasteiger partial charge in [-0.1, -0.05) is 0 Å². The van der Waals surface area contributed by atoms with Crippen LogP contribution in [0.15, 0.2) is 0 Å². The van der Waals surface area contributed by atoms with E-state index in [9.17, 15) is 8.42 Å². The molecule has 0 bridgehead atoms. The first-order valence-corrected chi connectivity index (χ1v) is 3.16. The Balaban J connectivity index is 3.49. The molecule has 0 N–H and O–H groups in total. The maximum atomic E-state index is 11.0. The molecule has 4 nitrogen and oxygen atoms in total. The highest BCUT2D eigenvalue weighted by molar-refractivity contribution is 7.82. The van der Waals surface area contributed by atoms with E-state index in [2.05, 4.69) is 8.37 Å². The van der Waals surface area contributed by atoms with Gasteiger partial charge in [0.25, 0.3) is 0 Å². The molecule has 2 unspecified atom stereocenters. The molecule has 0 aromatic carbocycles. The van der Waals surface area contributed by atoms with Crippen LogP contribution in [-0.2, 0) is 18.8 Å². The van der Waals surface area contributed by atoms with Crippen molar-refractivity contribution in [2.75, 3.05) is 0 Å². The molecule has 1 saturated heterocycles. The highest BCUT2D eigenvalue weighted by atomic mass is 32.3. The second-order valence-electron chi connectivity index (χ2n) is 1.23. The van der Waals surface area contributed by atoms with Gasteiger partial charge in [-0.05, 0) is 13.7 Å². The van der Waals surface area contributed by atoms with Crippen LogP contribution >= 0.6 is 0 Å². The van der Waals surface area contributed by atoms with Gasteiger partial charge in [-0.3, -0.25) is 0 Å². The van der Waals surface area contributed by atoms with Crippen LogP contribution in [0.4, 0.5) is 0 Å². The molecular weight excluding hydrogens is 144 g/mol. The quantitative estimate of drug-likeness (QED) is 0.502. The van der Waals surface area contributed by atoms with Gasteiger partial charge >= 0.3 is 10.4 Å². The van der Waals surface area contributed by atoms with Crippen LogP contribution in [0.3, 0.4) is 0 Å². The standard InChI is InChI=1S/C4H8O4S/c1-3-4(2)8-9(5,6)7-3/h3-4H,1-2H3/i1D3,2D3,3D,4D. The van der Waals surface area contributed by atoms with Crippen LogP contribution in [0, 0.1) is 0 Å². The normalized spacial score (nSPS) is 73.3. The molecule has 0 amide bonds. The molecule has 0 aliphatic carbocycles. The third kappa shape index (κ3) is 1.41. The largest absolute Gasteiger partial charge is 0.400 e. The van der Waals surface area contributed by atoms with Crippen LogP contribution in [0.2, 0.25) is 0 Å².